The van der Waals surface area contributed by atoms with Crippen LogP contribution in [0.5, 0.6) is 0 Å². The van der Waals surface area contributed by atoms with Crippen molar-refractivity contribution in [3.63, 3.8) is 0 Å². The molecule has 11 heteroatoms. The Morgan fingerprint density at radius 1 is 1.18 bits per heavy atom. The predicted octanol–water partition coefficient (Wildman–Crippen LogP) is 3.25. The molecule has 0 saturated heterocycles. The molecule has 0 amide bonds. The van der Waals surface area contributed by atoms with Crippen LogP contribution < -0.4 is 0 Å². The molecule has 0 spiro atoms. The van der Waals surface area contributed by atoms with E-state index in [-0.39, 0.29) is 6.61 Å². The summed E-state index contributed by atoms with van der Waals surface area (Å²) in [5.41, 5.74) is -0.933. The normalized spacial score (nSPS) is 13.1. The molecule has 1 aromatic rings. The number of carbonyl (C=O) groups excluding carboxylic acids is 1. The van der Waals surface area contributed by atoms with Gasteiger partial charge in [-0.15, -0.1) is 0 Å². The molecule has 0 saturated carbocycles. The van der Waals surface area contributed by atoms with Crippen molar-refractivity contribution in [3.8, 4) is 0 Å². The second-order valence-corrected chi connectivity index (χ2v) is 4.06. The van der Waals surface area contributed by atoms with Gasteiger partial charge in [-0.05, 0) is 13.8 Å². The minimum Gasteiger partial charge on any atom is -0.462 e. The third-order valence-electron chi connectivity index (χ3n) is 2.51. The van der Waals surface area contributed by atoms with Crippen LogP contribution in [-0.2, 0) is 10.7 Å². The highest BCUT2D eigenvalue weighted by Gasteiger charge is 2.75. The predicted molar refractivity (Wildman–Crippen MR) is 57.6 cm³/mol. The summed E-state index contributed by atoms with van der Waals surface area (Å²) in [6.07, 6.45) is -6.08. The molecule has 0 bridgehead atoms. The van der Waals surface area contributed by atoms with E-state index in [2.05, 4.69) is 14.7 Å². The minimum atomic E-state index is -6.49. The molecule has 0 aliphatic carbocycles. The van der Waals surface area contributed by atoms with Crippen molar-refractivity contribution in [3.05, 3.63) is 23.3 Å². The van der Waals surface area contributed by atoms with E-state index < -0.39 is 41.1 Å². The van der Waals surface area contributed by atoms with Gasteiger partial charge in [0.15, 0.2) is 0 Å². The summed E-state index contributed by atoms with van der Waals surface area (Å²) in [5, 5.41) is 0. The number of esters is 1. The summed E-state index contributed by atoms with van der Waals surface area (Å²) < 4.78 is 93.2. The second-order valence-electron chi connectivity index (χ2n) is 4.06. The van der Waals surface area contributed by atoms with Crippen molar-refractivity contribution in [2.45, 2.75) is 31.9 Å². The number of aryl methyl sites for hydroxylation is 1. The quantitative estimate of drug-likeness (QED) is 0.627. The van der Waals surface area contributed by atoms with E-state index in [0.29, 0.717) is 6.20 Å². The maximum Gasteiger partial charge on any atom is 0.460 e. The summed E-state index contributed by atoms with van der Waals surface area (Å²) in [4.78, 5) is 17.0. The average molecular weight is 334 g/mol. The first-order valence-electron chi connectivity index (χ1n) is 5.69. The van der Waals surface area contributed by atoms with Crippen LogP contribution in [0, 0.1) is 6.92 Å². The third-order valence-corrected chi connectivity index (χ3v) is 2.51. The van der Waals surface area contributed by atoms with Crippen molar-refractivity contribution in [1.82, 2.24) is 9.97 Å². The van der Waals surface area contributed by atoms with Gasteiger partial charge in [0.2, 0.25) is 5.82 Å². The maximum absolute atomic E-state index is 13.4. The van der Waals surface area contributed by atoms with Gasteiger partial charge in [0.05, 0.1) is 17.9 Å². The fraction of sp³-hybridized carbons (Fsp3) is 0.545. The number of rotatable bonds is 4. The molecule has 0 aliphatic rings. The van der Waals surface area contributed by atoms with Crippen molar-refractivity contribution < 1.29 is 40.3 Å². The highest BCUT2D eigenvalue weighted by Crippen LogP contribution is 2.50. The Kier molecular flexibility index (Phi) is 4.68. The molecule has 124 valence electrons. The lowest BCUT2D eigenvalue weighted by Gasteiger charge is -2.27. The molecule has 22 heavy (non-hydrogen) atoms. The van der Waals surface area contributed by atoms with Gasteiger partial charge in [-0.2, -0.15) is 30.7 Å². The Bertz CT molecular complexity index is 572. The zero-order valence-electron chi connectivity index (χ0n) is 11.1. The lowest BCUT2D eigenvalue weighted by Crippen LogP contribution is -2.50. The fourth-order valence-corrected chi connectivity index (χ4v) is 1.35. The summed E-state index contributed by atoms with van der Waals surface area (Å²) in [6.45, 7) is 2.35. The van der Waals surface area contributed by atoms with E-state index in [1.165, 1.54) is 6.92 Å². The Balaban J connectivity index is 3.29. The van der Waals surface area contributed by atoms with Gasteiger partial charge < -0.3 is 4.74 Å². The first-order chi connectivity index (χ1) is 9.86. The van der Waals surface area contributed by atoms with E-state index in [0.717, 1.165) is 6.92 Å². The van der Waals surface area contributed by atoms with Crippen LogP contribution in [0.2, 0.25) is 0 Å². The topological polar surface area (TPSA) is 52.1 Å². The summed E-state index contributed by atoms with van der Waals surface area (Å²) in [7, 11) is 0. The molecule has 1 rings (SSSR count). The van der Waals surface area contributed by atoms with Gasteiger partial charge in [-0.25, -0.2) is 14.8 Å². The van der Waals surface area contributed by atoms with Gasteiger partial charge in [0.1, 0.15) is 0 Å². The Morgan fingerprint density at radius 3 is 2.14 bits per heavy atom. The Labute approximate surface area is 119 Å². The molecule has 0 fully saturated rings. The lowest BCUT2D eigenvalue weighted by atomic mass is 10.1. The molecule has 0 atom stereocenters. The number of aromatic nitrogens is 2. The van der Waals surface area contributed by atoms with Gasteiger partial charge in [-0.3, -0.25) is 0 Å². The van der Waals surface area contributed by atoms with E-state index in [1.54, 1.807) is 0 Å². The van der Waals surface area contributed by atoms with Gasteiger partial charge >= 0.3 is 24.0 Å². The zero-order valence-corrected chi connectivity index (χ0v) is 11.1. The van der Waals surface area contributed by atoms with Crippen LogP contribution in [0.3, 0.4) is 0 Å². The standard InChI is InChI=1S/C11H9F7N2O2/c1-3-22-7(21)6-4-19-8(20-5(6)2)9(12,13)10(14,15)11(16,17)18/h4H,3H2,1-2H3. The summed E-state index contributed by atoms with van der Waals surface area (Å²) in [6, 6.07) is 0. The van der Waals surface area contributed by atoms with Gasteiger partial charge in [0.25, 0.3) is 0 Å². The Hall–Kier alpha value is -1.94. The van der Waals surface area contributed by atoms with Crippen LogP contribution in [-0.4, -0.2) is 34.6 Å². The minimum absolute atomic E-state index is 0.0671. The molecule has 1 aromatic heterocycles. The van der Waals surface area contributed by atoms with Crippen molar-refractivity contribution in [1.29, 1.82) is 0 Å². The number of hydrogen-bond donors (Lipinski definition) is 0. The molecule has 0 N–H and O–H groups in total. The second kappa shape index (κ2) is 5.69. The number of carbonyl (C=O) groups is 1. The number of halogens is 7. The molecule has 4 nitrogen and oxygen atoms in total. The highest BCUT2D eigenvalue weighted by atomic mass is 19.4. The number of alkyl halides is 7. The summed E-state index contributed by atoms with van der Waals surface area (Å²) >= 11 is 0. The SMILES string of the molecule is CCOC(=O)c1cnc(C(F)(F)C(F)(F)C(F)(F)F)nc1C. The molecule has 0 unspecified atom stereocenters. The average Bonchev–Trinajstić information content (AvgIpc) is 2.37. The number of nitrogens with zero attached hydrogens (tertiary/aromatic N) is 2. The molecular weight excluding hydrogens is 325 g/mol. The Morgan fingerprint density at radius 2 is 1.73 bits per heavy atom. The lowest BCUT2D eigenvalue weighted by molar-refractivity contribution is -0.361. The maximum atomic E-state index is 13.4. The van der Waals surface area contributed by atoms with Gasteiger partial charge in [0, 0.05) is 6.20 Å². The van der Waals surface area contributed by atoms with Crippen LogP contribution in [0.1, 0.15) is 28.8 Å². The van der Waals surface area contributed by atoms with E-state index in [4.69, 9.17) is 0 Å². The smallest absolute Gasteiger partial charge is 0.460 e. The first-order valence-corrected chi connectivity index (χ1v) is 5.69. The monoisotopic (exact) mass is 334 g/mol. The molecule has 0 radical (unpaired) electrons. The highest BCUT2D eigenvalue weighted by molar-refractivity contribution is 5.90. The third kappa shape index (κ3) is 2.97. The number of hydrogen-bond acceptors (Lipinski definition) is 4. The van der Waals surface area contributed by atoms with Crippen LogP contribution >= 0.6 is 0 Å². The van der Waals surface area contributed by atoms with Crippen molar-refractivity contribution >= 4 is 5.97 Å². The van der Waals surface area contributed by atoms with Crippen LogP contribution in [0.4, 0.5) is 30.7 Å². The fourth-order valence-electron chi connectivity index (χ4n) is 1.35. The molecule has 1 heterocycles. The van der Waals surface area contributed by atoms with Crippen LogP contribution in [0.15, 0.2) is 6.20 Å². The molecule has 0 aliphatic heterocycles. The number of ether oxygens (including phenoxy) is 1. The summed E-state index contributed by atoms with van der Waals surface area (Å²) in [5.74, 6) is -15.1. The molecule has 0 aromatic carbocycles. The van der Waals surface area contributed by atoms with E-state index >= 15 is 0 Å². The van der Waals surface area contributed by atoms with Gasteiger partial charge in [-0.1, -0.05) is 0 Å². The van der Waals surface area contributed by atoms with Crippen molar-refractivity contribution in [2.24, 2.45) is 0 Å². The zero-order chi connectivity index (χ0) is 17.3. The van der Waals surface area contributed by atoms with Crippen molar-refractivity contribution in [2.75, 3.05) is 6.61 Å². The van der Waals surface area contributed by atoms with E-state index in [9.17, 15) is 35.5 Å². The first kappa shape index (κ1) is 18.1. The van der Waals surface area contributed by atoms with Crippen LogP contribution in [0.25, 0.3) is 0 Å². The largest absolute Gasteiger partial charge is 0.462 e. The van der Waals surface area contributed by atoms with E-state index in [1.807, 2.05) is 0 Å². The molecular formula is C11H9F7N2O2.